The molecule has 1 saturated heterocycles. The maximum absolute atomic E-state index is 13.6. The molecule has 2 aliphatic rings. The van der Waals surface area contributed by atoms with Crippen molar-refractivity contribution in [2.45, 2.75) is 57.3 Å². The average molecular weight is 532 g/mol. The van der Waals surface area contributed by atoms with E-state index in [1.807, 2.05) is 19.1 Å². The van der Waals surface area contributed by atoms with Gasteiger partial charge in [-0.2, -0.15) is 0 Å². The Morgan fingerprint density at radius 2 is 1.58 bits per heavy atom. The van der Waals surface area contributed by atoms with Gasteiger partial charge in [0.1, 0.15) is 0 Å². The SMILES string of the molecule is Cc1ccc(NC(=O)N2CCCN(C(=O)c3ccc(Cl)c(Cl)c3)C2C(=O)NC2CCC(N)CC2)cc1. The maximum Gasteiger partial charge on any atom is 0.323 e. The third kappa shape index (κ3) is 6.11. The molecule has 1 atom stereocenters. The van der Waals surface area contributed by atoms with E-state index in [9.17, 15) is 14.4 Å². The molecule has 0 bridgehead atoms. The summed E-state index contributed by atoms with van der Waals surface area (Å²) in [4.78, 5) is 43.4. The second kappa shape index (κ2) is 11.5. The third-order valence-electron chi connectivity index (χ3n) is 6.73. The highest BCUT2D eigenvalue weighted by Crippen LogP contribution is 2.26. The summed E-state index contributed by atoms with van der Waals surface area (Å²) >= 11 is 12.2. The van der Waals surface area contributed by atoms with Crippen LogP contribution in [0.5, 0.6) is 0 Å². The second-order valence-corrected chi connectivity index (χ2v) is 10.3. The molecule has 36 heavy (non-hydrogen) atoms. The Bertz CT molecular complexity index is 1120. The van der Waals surface area contributed by atoms with Gasteiger partial charge < -0.3 is 21.3 Å². The molecule has 1 heterocycles. The minimum Gasteiger partial charge on any atom is -0.350 e. The lowest BCUT2D eigenvalue weighted by molar-refractivity contribution is -0.133. The quantitative estimate of drug-likeness (QED) is 0.543. The molecule has 1 aliphatic carbocycles. The Balaban J connectivity index is 1.60. The first kappa shape index (κ1) is 26.3. The Morgan fingerprint density at radius 1 is 0.917 bits per heavy atom. The van der Waals surface area contributed by atoms with Crippen molar-refractivity contribution >= 4 is 46.7 Å². The molecular formula is C26H31Cl2N5O3. The Hall–Kier alpha value is -2.81. The van der Waals surface area contributed by atoms with Crippen LogP contribution in [0.3, 0.4) is 0 Å². The standard InChI is InChI=1S/C26H31Cl2N5O3/c1-16-3-8-20(9-4-16)31-26(36)33-14-2-13-32(25(35)17-5-12-21(27)22(28)15-17)24(33)23(34)30-19-10-6-18(29)7-11-19/h3-5,8-9,12,15,18-19,24H,2,6-7,10-11,13-14,29H2,1H3,(H,30,34)(H,31,36). The van der Waals surface area contributed by atoms with Gasteiger partial charge in [-0.05, 0) is 69.4 Å². The van der Waals surface area contributed by atoms with Crippen LogP contribution in [0.15, 0.2) is 42.5 Å². The fourth-order valence-corrected chi connectivity index (χ4v) is 5.00. The molecule has 1 saturated carbocycles. The van der Waals surface area contributed by atoms with Crippen LogP contribution in [0.1, 0.15) is 48.0 Å². The molecule has 10 heteroatoms. The molecule has 4 rings (SSSR count). The third-order valence-corrected chi connectivity index (χ3v) is 7.47. The van der Waals surface area contributed by atoms with Gasteiger partial charge in [-0.25, -0.2) is 4.79 Å². The highest BCUT2D eigenvalue weighted by atomic mass is 35.5. The summed E-state index contributed by atoms with van der Waals surface area (Å²) in [5, 5.41) is 6.50. The lowest BCUT2D eigenvalue weighted by atomic mass is 9.91. The summed E-state index contributed by atoms with van der Waals surface area (Å²) in [6.07, 6.45) is 2.57. The minimum absolute atomic E-state index is 0.0526. The Labute approximate surface area is 221 Å². The fourth-order valence-electron chi connectivity index (χ4n) is 4.70. The van der Waals surface area contributed by atoms with Crippen LogP contribution in [-0.2, 0) is 4.79 Å². The molecule has 8 nitrogen and oxygen atoms in total. The van der Waals surface area contributed by atoms with Gasteiger partial charge in [0, 0.05) is 36.4 Å². The summed E-state index contributed by atoms with van der Waals surface area (Å²) in [7, 11) is 0. The summed E-state index contributed by atoms with van der Waals surface area (Å²) < 4.78 is 0. The van der Waals surface area contributed by atoms with Crippen LogP contribution in [0.2, 0.25) is 10.0 Å². The molecule has 0 radical (unpaired) electrons. The number of nitrogens with two attached hydrogens (primary N) is 1. The van der Waals surface area contributed by atoms with Crippen molar-refractivity contribution in [2.24, 2.45) is 5.73 Å². The number of aryl methyl sites for hydroxylation is 1. The first-order valence-corrected chi connectivity index (χ1v) is 12.9. The van der Waals surface area contributed by atoms with Crippen molar-refractivity contribution in [3.8, 4) is 0 Å². The van der Waals surface area contributed by atoms with Crippen molar-refractivity contribution in [2.75, 3.05) is 18.4 Å². The fraction of sp³-hybridized carbons (Fsp3) is 0.423. The molecule has 0 spiro atoms. The Morgan fingerprint density at radius 3 is 2.25 bits per heavy atom. The monoisotopic (exact) mass is 531 g/mol. The van der Waals surface area contributed by atoms with E-state index >= 15 is 0 Å². The van der Waals surface area contributed by atoms with Gasteiger partial charge in [0.2, 0.25) is 0 Å². The van der Waals surface area contributed by atoms with Crippen molar-refractivity contribution in [3.63, 3.8) is 0 Å². The molecule has 2 aromatic rings. The first-order valence-electron chi connectivity index (χ1n) is 12.2. The number of carbonyl (C=O) groups is 3. The van der Waals surface area contributed by atoms with Crippen LogP contribution in [0, 0.1) is 6.92 Å². The van der Waals surface area contributed by atoms with E-state index in [0.717, 1.165) is 31.2 Å². The van der Waals surface area contributed by atoms with Crippen LogP contribution < -0.4 is 16.4 Å². The van der Waals surface area contributed by atoms with Crippen LogP contribution >= 0.6 is 23.2 Å². The molecule has 192 valence electrons. The van der Waals surface area contributed by atoms with Gasteiger partial charge in [-0.1, -0.05) is 40.9 Å². The number of nitrogens with one attached hydrogen (secondary N) is 2. The van der Waals surface area contributed by atoms with E-state index in [2.05, 4.69) is 10.6 Å². The maximum atomic E-state index is 13.6. The van der Waals surface area contributed by atoms with Crippen LogP contribution in [-0.4, -0.2) is 59.0 Å². The summed E-state index contributed by atoms with van der Waals surface area (Å²) in [6.45, 7) is 2.61. The molecule has 2 aromatic carbocycles. The number of amides is 4. The van der Waals surface area contributed by atoms with Gasteiger partial charge in [-0.15, -0.1) is 0 Å². The molecule has 0 aromatic heterocycles. The van der Waals surface area contributed by atoms with E-state index in [4.69, 9.17) is 28.9 Å². The average Bonchev–Trinajstić information content (AvgIpc) is 2.87. The number of hydrogen-bond acceptors (Lipinski definition) is 4. The lowest BCUT2D eigenvalue weighted by Crippen LogP contribution is -2.65. The van der Waals surface area contributed by atoms with Crippen molar-refractivity contribution in [3.05, 3.63) is 63.6 Å². The normalized spacial score (nSPS) is 22.2. The number of urea groups is 1. The largest absolute Gasteiger partial charge is 0.350 e. The van der Waals surface area contributed by atoms with Gasteiger partial charge in [-0.3, -0.25) is 14.5 Å². The number of anilines is 1. The van der Waals surface area contributed by atoms with E-state index in [-0.39, 0.29) is 23.0 Å². The zero-order chi connectivity index (χ0) is 25.8. The predicted molar refractivity (Wildman–Crippen MR) is 141 cm³/mol. The lowest BCUT2D eigenvalue weighted by Gasteiger charge is -2.43. The number of nitrogens with zero attached hydrogens (tertiary/aromatic N) is 2. The van der Waals surface area contributed by atoms with Crippen molar-refractivity contribution < 1.29 is 14.4 Å². The number of halogens is 2. The van der Waals surface area contributed by atoms with Crippen LogP contribution in [0.4, 0.5) is 10.5 Å². The van der Waals surface area contributed by atoms with E-state index in [1.165, 1.54) is 15.9 Å². The zero-order valence-corrected chi connectivity index (χ0v) is 21.7. The van der Waals surface area contributed by atoms with E-state index in [0.29, 0.717) is 35.8 Å². The summed E-state index contributed by atoms with van der Waals surface area (Å²) in [5.41, 5.74) is 7.99. The predicted octanol–water partition coefficient (Wildman–Crippen LogP) is 4.39. The van der Waals surface area contributed by atoms with Gasteiger partial charge in [0.15, 0.2) is 6.17 Å². The molecule has 2 fully saturated rings. The Kier molecular flexibility index (Phi) is 8.39. The van der Waals surface area contributed by atoms with Gasteiger partial charge >= 0.3 is 6.03 Å². The summed E-state index contributed by atoms with van der Waals surface area (Å²) in [5.74, 6) is -0.783. The smallest absolute Gasteiger partial charge is 0.323 e. The number of rotatable bonds is 4. The van der Waals surface area contributed by atoms with Crippen LogP contribution in [0.25, 0.3) is 0 Å². The van der Waals surface area contributed by atoms with Crippen molar-refractivity contribution in [1.29, 1.82) is 0 Å². The van der Waals surface area contributed by atoms with Gasteiger partial charge in [0.05, 0.1) is 10.0 Å². The minimum atomic E-state index is -1.11. The second-order valence-electron chi connectivity index (χ2n) is 9.46. The molecule has 1 unspecified atom stereocenters. The number of carbonyl (C=O) groups excluding carboxylic acids is 3. The van der Waals surface area contributed by atoms with E-state index in [1.54, 1.807) is 24.3 Å². The number of benzene rings is 2. The highest BCUT2D eigenvalue weighted by molar-refractivity contribution is 6.42. The van der Waals surface area contributed by atoms with Crippen molar-refractivity contribution in [1.82, 2.24) is 15.1 Å². The topological polar surface area (TPSA) is 108 Å². The highest BCUT2D eigenvalue weighted by Gasteiger charge is 2.41. The first-order chi connectivity index (χ1) is 17.2. The number of hydrogen-bond donors (Lipinski definition) is 3. The molecule has 4 N–H and O–H groups in total. The van der Waals surface area contributed by atoms with Gasteiger partial charge in [0.25, 0.3) is 11.8 Å². The zero-order valence-electron chi connectivity index (χ0n) is 20.2. The molecule has 1 aliphatic heterocycles. The summed E-state index contributed by atoms with van der Waals surface area (Å²) in [6, 6.07) is 11.6. The van der Waals surface area contributed by atoms with E-state index < -0.39 is 18.1 Å². The molecular weight excluding hydrogens is 501 g/mol. The molecule has 4 amide bonds.